The van der Waals surface area contributed by atoms with Crippen molar-refractivity contribution in [2.45, 2.75) is 26.2 Å². The Hall–Kier alpha value is -3.34. The van der Waals surface area contributed by atoms with Gasteiger partial charge in [0.25, 0.3) is 5.91 Å². The SMILES string of the molecule is CN(C)c1ccc(Nc2cncc(C(=O)Nc3ccccc3C(C)(C)C)c2)cc1. The molecule has 0 fully saturated rings. The summed E-state index contributed by atoms with van der Waals surface area (Å²) in [5.74, 6) is -0.180. The number of carbonyl (C=O) groups excluding carboxylic acids is 1. The zero-order chi connectivity index (χ0) is 21.0. The van der Waals surface area contributed by atoms with Gasteiger partial charge in [-0.15, -0.1) is 0 Å². The maximum Gasteiger partial charge on any atom is 0.257 e. The Morgan fingerprint density at radius 2 is 1.62 bits per heavy atom. The third-order valence-corrected chi connectivity index (χ3v) is 4.66. The van der Waals surface area contributed by atoms with Gasteiger partial charge in [0, 0.05) is 37.4 Å². The van der Waals surface area contributed by atoms with E-state index in [-0.39, 0.29) is 11.3 Å². The molecule has 0 atom stereocenters. The van der Waals surface area contributed by atoms with Crippen molar-refractivity contribution in [3.63, 3.8) is 0 Å². The van der Waals surface area contributed by atoms with Gasteiger partial charge in [0.05, 0.1) is 17.4 Å². The number of nitrogens with zero attached hydrogens (tertiary/aromatic N) is 2. The lowest BCUT2D eigenvalue weighted by atomic mass is 9.86. The number of anilines is 4. The fraction of sp³-hybridized carbons (Fsp3) is 0.250. The molecule has 0 aliphatic carbocycles. The van der Waals surface area contributed by atoms with Gasteiger partial charge in [-0.05, 0) is 47.4 Å². The number of hydrogen-bond donors (Lipinski definition) is 2. The molecule has 0 aliphatic heterocycles. The first kappa shape index (κ1) is 20.4. The normalized spacial score (nSPS) is 11.1. The zero-order valence-corrected chi connectivity index (χ0v) is 17.7. The van der Waals surface area contributed by atoms with Crippen LogP contribution in [-0.4, -0.2) is 25.0 Å². The minimum Gasteiger partial charge on any atom is -0.378 e. The summed E-state index contributed by atoms with van der Waals surface area (Å²) in [5, 5.41) is 6.34. The maximum absolute atomic E-state index is 12.8. The predicted molar refractivity (Wildman–Crippen MR) is 121 cm³/mol. The number of aromatic nitrogens is 1. The molecule has 0 spiro atoms. The van der Waals surface area contributed by atoms with Crippen molar-refractivity contribution >= 4 is 28.7 Å². The molecule has 0 bridgehead atoms. The second-order valence-corrected chi connectivity index (χ2v) is 8.28. The van der Waals surface area contributed by atoms with E-state index in [0.717, 1.165) is 28.3 Å². The van der Waals surface area contributed by atoms with Gasteiger partial charge in [0.2, 0.25) is 0 Å². The Balaban J connectivity index is 1.77. The molecule has 2 aromatic carbocycles. The summed E-state index contributed by atoms with van der Waals surface area (Å²) < 4.78 is 0. The Bertz CT molecular complexity index is 988. The van der Waals surface area contributed by atoms with E-state index >= 15 is 0 Å². The molecule has 1 amide bonds. The van der Waals surface area contributed by atoms with Gasteiger partial charge in [0.15, 0.2) is 0 Å². The fourth-order valence-corrected chi connectivity index (χ4v) is 3.08. The number of pyridine rings is 1. The van der Waals surface area contributed by atoms with Crippen LogP contribution in [0.4, 0.5) is 22.7 Å². The van der Waals surface area contributed by atoms with Crippen LogP contribution in [0.5, 0.6) is 0 Å². The number of nitrogens with one attached hydrogen (secondary N) is 2. The predicted octanol–water partition coefficient (Wildman–Crippen LogP) is 5.44. The second kappa shape index (κ2) is 8.35. The summed E-state index contributed by atoms with van der Waals surface area (Å²) >= 11 is 0. The van der Waals surface area contributed by atoms with Crippen molar-refractivity contribution in [3.8, 4) is 0 Å². The van der Waals surface area contributed by atoms with E-state index in [2.05, 4.69) is 36.4 Å². The molecule has 2 N–H and O–H groups in total. The number of para-hydroxylation sites is 1. The van der Waals surface area contributed by atoms with Crippen molar-refractivity contribution in [1.82, 2.24) is 4.98 Å². The number of benzene rings is 2. The molecular weight excluding hydrogens is 360 g/mol. The van der Waals surface area contributed by atoms with Crippen LogP contribution in [0.3, 0.4) is 0 Å². The molecule has 29 heavy (non-hydrogen) atoms. The average molecular weight is 389 g/mol. The van der Waals surface area contributed by atoms with Crippen LogP contribution in [0.15, 0.2) is 67.0 Å². The molecule has 3 rings (SSSR count). The average Bonchev–Trinajstić information content (AvgIpc) is 2.68. The van der Waals surface area contributed by atoms with Crippen LogP contribution in [0.25, 0.3) is 0 Å². The quantitative estimate of drug-likeness (QED) is 0.611. The first-order valence-electron chi connectivity index (χ1n) is 9.64. The molecule has 0 unspecified atom stereocenters. The monoisotopic (exact) mass is 388 g/mol. The van der Waals surface area contributed by atoms with Gasteiger partial charge >= 0.3 is 0 Å². The highest BCUT2D eigenvalue weighted by molar-refractivity contribution is 6.05. The highest BCUT2D eigenvalue weighted by Crippen LogP contribution is 2.29. The molecule has 0 saturated carbocycles. The standard InChI is InChI=1S/C24H28N4O/c1-24(2,3)21-8-6-7-9-22(21)27-23(29)17-14-19(16-25-15-17)26-18-10-12-20(13-11-18)28(4)5/h6-16,26H,1-5H3,(H,27,29). The first-order valence-corrected chi connectivity index (χ1v) is 9.64. The summed E-state index contributed by atoms with van der Waals surface area (Å²) in [5.41, 5.74) is 5.18. The summed E-state index contributed by atoms with van der Waals surface area (Å²) in [6, 6.07) is 17.8. The van der Waals surface area contributed by atoms with E-state index in [1.54, 1.807) is 12.4 Å². The van der Waals surface area contributed by atoms with Gasteiger partial charge in [-0.25, -0.2) is 0 Å². The number of hydrogen-bond acceptors (Lipinski definition) is 4. The number of carbonyl (C=O) groups is 1. The van der Waals surface area contributed by atoms with E-state index in [9.17, 15) is 4.79 Å². The van der Waals surface area contributed by atoms with Gasteiger partial charge in [-0.3, -0.25) is 9.78 Å². The van der Waals surface area contributed by atoms with Crippen molar-refractivity contribution in [1.29, 1.82) is 0 Å². The summed E-state index contributed by atoms with van der Waals surface area (Å²) in [6.45, 7) is 6.39. The number of rotatable bonds is 5. The Labute approximate surface area is 172 Å². The molecule has 1 aromatic heterocycles. The Kier molecular flexibility index (Phi) is 5.87. The third-order valence-electron chi connectivity index (χ3n) is 4.66. The lowest BCUT2D eigenvalue weighted by Gasteiger charge is -2.23. The first-order chi connectivity index (χ1) is 13.7. The fourth-order valence-electron chi connectivity index (χ4n) is 3.08. The smallest absolute Gasteiger partial charge is 0.257 e. The van der Waals surface area contributed by atoms with E-state index in [0.29, 0.717) is 5.56 Å². The maximum atomic E-state index is 12.8. The topological polar surface area (TPSA) is 57.3 Å². The van der Waals surface area contributed by atoms with Crippen LogP contribution in [0.1, 0.15) is 36.7 Å². The lowest BCUT2D eigenvalue weighted by molar-refractivity contribution is 0.102. The highest BCUT2D eigenvalue weighted by Gasteiger charge is 2.19. The summed E-state index contributed by atoms with van der Waals surface area (Å²) in [7, 11) is 4.01. The van der Waals surface area contributed by atoms with Crippen molar-refractivity contribution < 1.29 is 4.79 Å². The van der Waals surface area contributed by atoms with E-state index in [4.69, 9.17) is 0 Å². The molecule has 0 aliphatic rings. The van der Waals surface area contributed by atoms with Crippen LogP contribution >= 0.6 is 0 Å². The molecule has 1 heterocycles. The van der Waals surface area contributed by atoms with Crippen LogP contribution in [-0.2, 0) is 5.41 Å². The summed E-state index contributed by atoms with van der Waals surface area (Å²) in [6.07, 6.45) is 3.29. The number of amides is 1. The Morgan fingerprint density at radius 1 is 0.931 bits per heavy atom. The molecule has 3 aromatic rings. The summed E-state index contributed by atoms with van der Waals surface area (Å²) in [4.78, 5) is 19.1. The largest absolute Gasteiger partial charge is 0.378 e. The van der Waals surface area contributed by atoms with Crippen LogP contribution in [0, 0.1) is 0 Å². The minimum absolute atomic E-state index is 0.0652. The van der Waals surface area contributed by atoms with Crippen molar-refractivity contribution in [3.05, 3.63) is 78.1 Å². The highest BCUT2D eigenvalue weighted by atomic mass is 16.1. The van der Waals surface area contributed by atoms with E-state index < -0.39 is 0 Å². The second-order valence-electron chi connectivity index (χ2n) is 8.28. The van der Waals surface area contributed by atoms with Crippen LogP contribution in [0.2, 0.25) is 0 Å². The molecule has 0 saturated heterocycles. The molecule has 5 nitrogen and oxygen atoms in total. The lowest BCUT2D eigenvalue weighted by Crippen LogP contribution is -2.18. The zero-order valence-electron chi connectivity index (χ0n) is 17.7. The van der Waals surface area contributed by atoms with Gasteiger partial charge < -0.3 is 15.5 Å². The van der Waals surface area contributed by atoms with E-state index in [1.165, 1.54) is 0 Å². The van der Waals surface area contributed by atoms with Gasteiger partial charge in [-0.1, -0.05) is 39.0 Å². The van der Waals surface area contributed by atoms with Crippen molar-refractivity contribution in [2.75, 3.05) is 29.6 Å². The van der Waals surface area contributed by atoms with Gasteiger partial charge in [0.1, 0.15) is 0 Å². The van der Waals surface area contributed by atoms with Crippen LogP contribution < -0.4 is 15.5 Å². The molecular formula is C24H28N4O. The molecule has 5 heteroatoms. The third kappa shape index (κ3) is 5.13. The molecule has 150 valence electrons. The van der Waals surface area contributed by atoms with Crippen molar-refractivity contribution in [2.24, 2.45) is 0 Å². The molecule has 0 radical (unpaired) electrons. The Morgan fingerprint density at radius 3 is 2.28 bits per heavy atom. The minimum atomic E-state index is -0.180. The van der Waals surface area contributed by atoms with Gasteiger partial charge in [-0.2, -0.15) is 0 Å². The van der Waals surface area contributed by atoms with E-state index in [1.807, 2.05) is 73.6 Å².